The van der Waals surface area contributed by atoms with Gasteiger partial charge >= 0.3 is 5.97 Å². The normalized spacial score (nSPS) is 20.4. The Bertz CT molecular complexity index is 430. The first kappa shape index (κ1) is 12.9. The Hall–Kier alpha value is -0.590. The molecule has 1 N–H and O–H groups in total. The molecule has 4 nitrogen and oxygen atoms in total. The van der Waals surface area contributed by atoms with Crippen LogP contribution in [0.5, 0.6) is 0 Å². The molecule has 1 aliphatic rings. The van der Waals surface area contributed by atoms with E-state index in [2.05, 4.69) is 41.5 Å². The van der Waals surface area contributed by atoms with Crippen LogP contribution in [0.15, 0.2) is 6.20 Å². The number of carboxylic acids is 1. The first-order valence-corrected chi connectivity index (χ1v) is 6.95. The van der Waals surface area contributed by atoms with Gasteiger partial charge in [0.2, 0.25) is 0 Å². The van der Waals surface area contributed by atoms with Gasteiger partial charge in [0.05, 0.1) is 12.2 Å². The van der Waals surface area contributed by atoms with Crippen molar-refractivity contribution in [3.8, 4) is 0 Å². The molecule has 0 spiro atoms. The minimum Gasteiger partial charge on any atom is -0.478 e. The fourth-order valence-electron chi connectivity index (χ4n) is 2.37. The summed E-state index contributed by atoms with van der Waals surface area (Å²) in [6, 6.07) is 0.364. The van der Waals surface area contributed by atoms with E-state index in [4.69, 9.17) is 5.11 Å². The smallest absolute Gasteiger partial charge is 0.340 e. The predicted molar refractivity (Wildman–Crippen MR) is 73.2 cm³/mol. The summed E-state index contributed by atoms with van der Waals surface area (Å²) in [5.41, 5.74) is 0.737. The topological polar surface area (TPSA) is 55.1 Å². The van der Waals surface area contributed by atoms with Crippen molar-refractivity contribution in [2.24, 2.45) is 5.41 Å². The van der Waals surface area contributed by atoms with Gasteiger partial charge in [-0.25, -0.2) is 4.79 Å². The molecular formula is C12H17IN2O2. The Balaban J connectivity index is 2.17. The maximum atomic E-state index is 11.0. The molecule has 1 aromatic rings. The van der Waals surface area contributed by atoms with Crippen molar-refractivity contribution in [1.82, 2.24) is 9.78 Å². The lowest BCUT2D eigenvalue weighted by atomic mass is 9.76. The van der Waals surface area contributed by atoms with E-state index in [1.807, 2.05) is 4.68 Å². The van der Waals surface area contributed by atoms with Crippen molar-refractivity contribution in [3.63, 3.8) is 0 Å². The zero-order valence-corrected chi connectivity index (χ0v) is 12.3. The van der Waals surface area contributed by atoms with E-state index in [1.54, 1.807) is 0 Å². The summed E-state index contributed by atoms with van der Waals surface area (Å²) in [5, 5.41) is 13.2. The van der Waals surface area contributed by atoms with Crippen LogP contribution in [0.4, 0.5) is 0 Å². The first-order valence-electron chi connectivity index (χ1n) is 5.87. The lowest BCUT2D eigenvalue weighted by Crippen LogP contribution is -2.24. The molecule has 1 aliphatic carbocycles. The third-order valence-corrected chi connectivity index (χ3v) is 4.69. The summed E-state index contributed by atoms with van der Waals surface area (Å²) in [4.78, 5) is 11.0. The lowest BCUT2D eigenvalue weighted by Gasteiger charge is -2.34. The van der Waals surface area contributed by atoms with E-state index in [9.17, 15) is 4.79 Å². The van der Waals surface area contributed by atoms with E-state index in [0.717, 1.165) is 16.5 Å². The summed E-state index contributed by atoms with van der Waals surface area (Å²) in [5.74, 6) is -0.892. The summed E-state index contributed by atoms with van der Waals surface area (Å²) >= 11 is 2.08. The molecule has 1 fully saturated rings. The average Bonchev–Trinajstić information content (AvgIpc) is 2.60. The predicted octanol–water partition coefficient (Wildman–Crippen LogP) is 3.33. The molecule has 5 heteroatoms. The minimum absolute atomic E-state index is 0.315. The molecule has 94 valence electrons. The molecule has 0 radical (unpaired) electrons. The largest absolute Gasteiger partial charge is 0.478 e. The van der Waals surface area contributed by atoms with Crippen molar-refractivity contribution in [2.45, 2.75) is 45.6 Å². The average molecular weight is 348 g/mol. The number of aromatic carboxylic acids is 1. The van der Waals surface area contributed by atoms with E-state index in [-0.39, 0.29) is 0 Å². The van der Waals surface area contributed by atoms with Gasteiger partial charge < -0.3 is 5.11 Å². The fourth-order valence-corrected chi connectivity index (χ4v) is 3.26. The quantitative estimate of drug-likeness (QED) is 0.835. The second kappa shape index (κ2) is 4.59. The summed E-state index contributed by atoms with van der Waals surface area (Å²) in [6.07, 6.45) is 5.99. The zero-order chi connectivity index (χ0) is 12.6. The third kappa shape index (κ3) is 2.64. The number of nitrogens with zero attached hydrogens (tertiary/aromatic N) is 2. The molecule has 1 heterocycles. The first-order chi connectivity index (χ1) is 7.91. The lowest BCUT2D eigenvalue weighted by molar-refractivity contribution is 0.0695. The van der Waals surface area contributed by atoms with Crippen LogP contribution in [-0.2, 0) is 0 Å². The van der Waals surface area contributed by atoms with Crippen LogP contribution in [0.1, 0.15) is 55.9 Å². The number of hydrogen-bond donors (Lipinski definition) is 1. The van der Waals surface area contributed by atoms with Gasteiger partial charge in [0.15, 0.2) is 0 Å². The fraction of sp³-hybridized carbons (Fsp3) is 0.667. The molecule has 0 atom stereocenters. The van der Waals surface area contributed by atoms with Crippen molar-refractivity contribution in [2.75, 3.05) is 0 Å². The van der Waals surface area contributed by atoms with Crippen LogP contribution < -0.4 is 0 Å². The molecule has 0 aliphatic heterocycles. The van der Waals surface area contributed by atoms with Gasteiger partial charge in [0, 0.05) is 0 Å². The molecular weight excluding hydrogens is 331 g/mol. The van der Waals surface area contributed by atoms with Gasteiger partial charge in [-0.05, 0) is 53.7 Å². The number of halogens is 1. The van der Waals surface area contributed by atoms with Crippen LogP contribution in [-0.4, -0.2) is 20.9 Å². The van der Waals surface area contributed by atoms with Gasteiger partial charge in [-0.1, -0.05) is 13.8 Å². The van der Waals surface area contributed by atoms with Gasteiger partial charge in [-0.15, -0.1) is 0 Å². The molecule has 0 bridgehead atoms. The van der Waals surface area contributed by atoms with Crippen LogP contribution in [0.2, 0.25) is 0 Å². The van der Waals surface area contributed by atoms with Crippen LogP contribution in [0.25, 0.3) is 0 Å². The molecule has 0 amide bonds. The van der Waals surface area contributed by atoms with Gasteiger partial charge in [-0.2, -0.15) is 5.10 Å². The Kier molecular flexibility index (Phi) is 3.47. The molecule has 1 aromatic heterocycles. The van der Waals surface area contributed by atoms with Crippen LogP contribution in [0, 0.1) is 9.12 Å². The van der Waals surface area contributed by atoms with E-state index >= 15 is 0 Å². The number of hydrogen-bond acceptors (Lipinski definition) is 2. The maximum Gasteiger partial charge on any atom is 0.340 e. The molecule has 1 saturated carbocycles. The molecule has 0 unspecified atom stereocenters. The summed E-state index contributed by atoms with van der Waals surface area (Å²) in [6.45, 7) is 4.58. The molecule has 17 heavy (non-hydrogen) atoms. The van der Waals surface area contributed by atoms with Gasteiger partial charge in [-0.3, -0.25) is 4.68 Å². The van der Waals surface area contributed by atoms with Crippen molar-refractivity contribution in [3.05, 3.63) is 15.5 Å². The van der Waals surface area contributed by atoms with Crippen molar-refractivity contribution < 1.29 is 9.90 Å². The number of carboxylic acid groups (broad SMARTS) is 1. The second-order valence-corrected chi connectivity index (χ2v) is 6.52. The zero-order valence-electron chi connectivity index (χ0n) is 10.1. The Morgan fingerprint density at radius 2 is 2.12 bits per heavy atom. The number of aromatic nitrogens is 2. The van der Waals surface area contributed by atoms with Crippen molar-refractivity contribution >= 4 is 28.6 Å². The number of rotatable bonds is 2. The second-order valence-electron chi connectivity index (χ2n) is 5.49. The minimum atomic E-state index is -0.892. The maximum absolute atomic E-state index is 11.0. The SMILES string of the molecule is CC1(C)CCC(n2ncc(C(=O)O)c2I)CC1. The van der Waals surface area contributed by atoms with Crippen LogP contribution in [0.3, 0.4) is 0 Å². The Morgan fingerprint density at radius 3 is 2.59 bits per heavy atom. The summed E-state index contributed by atoms with van der Waals surface area (Å²) in [7, 11) is 0. The monoisotopic (exact) mass is 348 g/mol. The molecule has 0 saturated heterocycles. The standard InChI is InChI=1S/C12H17IN2O2/c1-12(2)5-3-8(4-6-12)15-10(13)9(7-14-15)11(16)17/h7-8H,3-6H2,1-2H3,(H,16,17). The number of carbonyl (C=O) groups is 1. The highest BCUT2D eigenvalue weighted by atomic mass is 127. The van der Waals surface area contributed by atoms with Gasteiger partial charge in [0.25, 0.3) is 0 Å². The Morgan fingerprint density at radius 1 is 1.53 bits per heavy atom. The Labute approximate surface area is 115 Å². The summed E-state index contributed by atoms with van der Waals surface area (Å²) < 4.78 is 2.64. The highest BCUT2D eigenvalue weighted by molar-refractivity contribution is 14.1. The molecule has 0 aromatic carbocycles. The van der Waals surface area contributed by atoms with E-state index < -0.39 is 5.97 Å². The van der Waals surface area contributed by atoms with Crippen LogP contribution >= 0.6 is 22.6 Å². The highest BCUT2D eigenvalue weighted by Crippen LogP contribution is 2.40. The van der Waals surface area contributed by atoms with Crippen molar-refractivity contribution in [1.29, 1.82) is 0 Å². The highest BCUT2D eigenvalue weighted by Gasteiger charge is 2.29. The molecule has 2 rings (SSSR count). The van der Waals surface area contributed by atoms with E-state index in [1.165, 1.54) is 19.0 Å². The third-order valence-electron chi connectivity index (χ3n) is 3.62. The van der Waals surface area contributed by atoms with E-state index in [0.29, 0.717) is 17.0 Å². The van der Waals surface area contributed by atoms with Gasteiger partial charge in [0.1, 0.15) is 9.26 Å².